The number of rotatable bonds is 4. The first-order valence-electron chi connectivity index (χ1n) is 5.73. The molecule has 0 aromatic carbocycles. The summed E-state index contributed by atoms with van der Waals surface area (Å²) in [5, 5.41) is 1.89. The quantitative estimate of drug-likeness (QED) is 0.798. The second-order valence-corrected chi connectivity index (χ2v) is 5.23. The maximum atomic E-state index is 11.9. The van der Waals surface area contributed by atoms with Gasteiger partial charge in [-0.2, -0.15) is 0 Å². The van der Waals surface area contributed by atoms with Gasteiger partial charge in [-0.15, -0.1) is 0 Å². The number of hydrogen-bond donors (Lipinski definition) is 2. The number of halogens is 1. The number of pyridine rings is 1. The number of primary amides is 1. The third kappa shape index (κ3) is 4.61. The standard InChI is InChI=1S/C12H14BrN3O4/c1-6(2)9(10(17)16-12(14)19)20-11(18)7-3-8(13)5-15-4-7/h3-6,9H,1-2H3,(H3,14,16,17,19)/t9-/m1/s1. The molecule has 8 heteroatoms. The van der Waals surface area contributed by atoms with Crippen molar-refractivity contribution in [2.24, 2.45) is 11.7 Å². The van der Waals surface area contributed by atoms with E-state index in [1.54, 1.807) is 13.8 Å². The first-order chi connectivity index (χ1) is 9.31. The van der Waals surface area contributed by atoms with Crippen molar-refractivity contribution in [1.82, 2.24) is 10.3 Å². The average Bonchev–Trinajstić information content (AvgIpc) is 2.34. The van der Waals surface area contributed by atoms with Gasteiger partial charge in [0.15, 0.2) is 6.10 Å². The van der Waals surface area contributed by atoms with Crippen molar-refractivity contribution in [3.63, 3.8) is 0 Å². The Kier molecular flexibility index (Phi) is 5.63. The fourth-order valence-corrected chi connectivity index (χ4v) is 1.76. The van der Waals surface area contributed by atoms with Gasteiger partial charge in [0.25, 0.3) is 5.91 Å². The predicted molar refractivity (Wildman–Crippen MR) is 73.7 cm³/mol. The topological polar surface area (TPSA) is 111 Å². The number of ether oxygens (including phenoxy) is 1. The van der Waals surface area contributed by atoms with E-state index in [9.17, 15) is 14.4 Å². The van der Waals surface area contributed by atoms with Gasteiger partial charge < -0.3 is 10.5 Å². The summed E-state index contributed by atoms with van der Waals surface area (Å²) in [7, 11) is 0. The Morgan fingerprint density at radius 3 is 2.50 bits per heavy atom. The zero-order chi connectivity index (χ0) is 15.3. The van der Waals surface area contributed by atoms with Crippen LogP contribution in [0, 0.1) is 5.92 Å². The first-order valence-corrected chi connectivity index (χ1v) is 6.52. The Bertz CT molecular complexity index is 533. The van der Waals surface area contributed by atoms with E-state index >= 15 is 0 Å². The number of carbonyl (C=O) groups is 3. The van der Waals surface area contributed by atoms with Crippen LogP contribution in [0.5, 0.6) is 0 Å². The molecule has 0 fully saturated rings. The van der Waals surface area contributed by atoms with Crippen LogP contribution in [0.4, 0.5) is 4.79 Å². The van der Waals surface area contributed by atoms with E-state index in [2.05, 4.69) is 20.9 Å². The number of nitrogens with one attached hydrogen (secondary N) is 1. The molecule has 0 aliphatic heterocycles. The van der Waals surface area contributed by atoms with E-state index in [1.807, 2.05) is 5.32 Å². The van der Waals surface area contributed by atoms with Gasteiger partial charge in [-0.05, 0) is 27.9 Å². The van der Waals surface area contributed by atoms with Crippen molar-refractivity contribution in [3.05, 3.63) is 28.5 Å². The van der Waals surface area contributed by atoms with Crippen molar-refractivity contribution >= 4 is 33.8 Å². The molecule has 1 heterocycles. The van der Waals surface area contributed by atoms with Crippen LogP contribution in [0.2, 0.25) is 0 Å². The lowest BCUT2D eigenvalue weighted by Crippen LogP contribution is -2.45. The number of esters is 1. The minimum Gasteiger partial charge on any atom is -0.448 e. The second-order valence-electron chi connectivity index (χ2n) is 4.32. The fraction of sp³-hybridized carbons (Fsp3) is 0.333. The van der Waals surface area contributed by atoms with Gasteiger partial charge in [-0.3, -0.25) is 15.1 Å². The largest absolute Gasteiger partial charge is 0.448 e. The number of nitrogens with two attached hydrogens (primary N) is 1. The van der Waals surface area contributed by atoms with Crippen LogP contribution in [0.15, 0.2) is 22.9 Å². The lowest BCUT2D eigenvalue weighted by molar-refractivity contribution is -0.130. The maximum Gasteiger partial charge on any atom is 0.340 e. The Hall–Kier alpha value is -1.96. The number of hydrogen-bond acceptors (Lipinski definition) is 5. The lowest BCUT2D eigenvalue weighted by Gasteiger charge is -2.19. The Labute approximate surface area is 124 Å². The lowest BCUT2D eigenvalue weighted by atomic mass is 10.1. The normalized spacial score (nSPS) is 11.8. The van der Waals surface area contributed by atoms with E-state index in [4.69, 9.17) is 10.5 Å². The monoisotopic (exact) mass is 343 g/mol. The third-order valence-corrected chi connectivity index (χ3v) is 2.72. The van der Waals surface area contributed by atoms with E-state index in [-0.39, 0.29) is 11.5 Å². The number of aromatic nitrogens is 1. The van der Waals surface area contributed by atoms with E-state index in [0.29, 0.717) is 4.47 Å². The van der Waals surface area contributed by atoms with Crippen LogP contribution < -0.4 is 11.1 Å². The van der Waals surface area contributed by atoms with Crippen molar-refractivity contribution in [2.75, 3.05) is 0 Å². The van der Waals surface area contributed by atoms with Crippen LogP contribution >= 0.6 is 15.9 Å². The molecule has 1 atom stereocenters. The van der Waals surface area contributed by atoms with Gasteiger partial charge in [0.2, 0.25) is 0 Å². The predicted octanol–water partition coefficient (Wildman–Crippen LogP) is 1.22. The molecule has 108 valence electrons. The Balaban J connectivity index is 2.83. The molecule has 1 aromatic heterocycles. The molecule has 0 spiro atoms. The summed E-state index contributed by atoms with van der Waals surface area (Å²) in [5.74, 6) is -1.79. The molecule has 1 rings (SSSR count). The van der Waals surface area contributed by atoms with E-state index in [0.717, 1.165) is 0 Å². The van der Waals surface area contributed by atoms with Gasteiger partial charge in [0.05, 0.1) is 5.56 Å². The summed E-state index contributed by atoms with van der Waals surface area (Å²) < 4.78 is 5.70. The number of urea groups is 1. The third-order valence-electron chi connectivity index (χ3n) is 2.28. The molecular weight excluding hydrogens is 330 g/mol. The van der Waals surface area contributed by atoms with Crippen molar-refractivity contribution < 1.29 is 19.1 Å². The molecule has 1 aromatic rings. The van der Waals surface area contributed by atoms with Gasteiger partial charge in [0, 0.05) is 16.9 Å². The molecule has 3 N–H and O–H groups in total. The minimum absolute atomic E-state index is 0.192. The molecular formula is C12H14BrN3O4. The van der Waals surface area contributed by atoms with Crippen LogP contribution in [-0.4, -0.2) is 29.0 Å². The molecule has 20 heavy (non-hydrogen) atoms. The highest BCUT2D eigenvalue weighted by Crippen LogP contribution is 2.14. The molecule has 0 bridgehead atoms. The minimum atomic E-state index is -1.12. The van der Waals surface area contributed by atoms with Crippen molar-refractivity contribution in [2.45, 2.75) is 20.0 Å². The maximum absolute atomic E-state index is 11.9. The van der Waals surface area contributed by atoms with Gasteiger partial charge in [-0.1, -0.05) is 13.8 Å². The molecule has 0 saturated carbocycles. The molecule has 0 unspecified atom stereocenters. The summed E-state index contributed by atoms with van der Waals surface area (Å²) in [4.78, 5) is 38.1. The first kappa shape index (κ1) is 16.1. The van der Waals surface area contributed by atoms with E-state index < -0.39 is 24.0 Å². The smallest absolute Gasteiger partial charge is 0.340 e. The summed E-state index contributed by atoms with van der Waals surface area (Å²) in [6.07, 6.45) is 1.71. The zero-order valence-electron chi connectivity index (χ0n) is 10.9. The molecule has 7 nitrogen and oxygen atoms in total. The van der Waals surface area contributed by atoms with E-state index in [1.165, 1.54) is 18.5 Å². The highest BCUT2D eigenvalue weighted by atomic mass is 79.9. The summed E-state index contributed by atoms with van der Waals surface area (Å²) in [6, 6.07) is 0.513. The Morgan fingerprint density at radius 2 is 2.00 bits per heavy atom. The number of imide groups is 1. The van der Waals surface area contributed by atoms with Crippen LogP contribution in [0.3, 0.4) is 0 Å². The van der Waals surface area contributed by atoms with Gasteiger partial charge >= 0.3 is 12.0 Å². The average molecular weight is 344 g/mol. The SMILES string of the molecule is CC(C)[C@@H](OC(=O)c1cncc(Br)c1)C(=O)NC(N)=O. The van der Waals surface area contributed by atoms with Crippen molar-refractivity contribution in [1.29, 1.82) is 0 Å². The van der Waals surface area contributed by atoms with Gasteiger partial charge in [0.1, 0.15) is 0 Å². The number of nitrogens with zero attached hydrogens (tertiary/aromatic N) is 1. The Morgan fingerprint density at radius 1 is 1.35 bits per heavy atom. The number of amides is 3. The summed E-state index contributed by atoms with van der Waals surface area (Å²) in [5.41, 5.74) is 5.06. The molecule has 3 amide bonds. The summed E-state index contributed by atoms with van der Waals surface area (Å²) >= 11 is 3.18. The fourth-order valence-electron chi connectivity index (χ4n) is 1.39. The highest BCUT2D eigenvalue weighted by molar-refractivity contribution is 9.10. The molecule has 0 radical (unpaired) electrons. The van der Waals surface area contributed by atoms with Gasteiger partial charge in [-0.25, -0.2) is 9.59 Å². The van der Waals surface area contributed by atoms with Crippen molar-refractivity contribution in [3.8, 4) is 0 Å². The highest BCUT2D eigenvalue weighted by Gasteiger charge is 2.28. The van der Waals surface area contributed by atoms with Crippen LogP contribution in [0.1, 0.15) is 24.2 Å². The van der Waals surface area contributed by atoms with Crippen LogP contribution in [-0.2, 0) is 9.53 Å². The molecule has 0 saturated heterocycles. The zero-order valence-corrected chi connectivity index (χ0v) is 12.5. The van der Waals surface area contributed by atoms with Crippen LogP contribution in [0.25, 0.3) is 0 Å². The number of carbonyl (C=O) groups excluding carboxylic acids is 3. The summed E-state index contributed by atoms with van der Waals surface area (Å²) in [6.45, 7) is 3.36. The molecule has 0 aliphatic carbocycles. The molecule has 0 aliphatic rings. The second kappa shape index (κ2) is 6.99.